The van der Waals surface area contributed by atoms with Crippen molar-refractivity contribution in [2.24, 2.45) is 0 Å². The minimum Gasteiger partial charge on any atom is -0.508 e. The number of nitrogens with one attached hydrogen (secondary N) is 1. The van der Waals surface area contributed by atoms with Crippen molar-refractivity contribution >= 4 is 22.8 Å². The number of ether oxygens (including phenoxy) is 1. The number of aromatic hydroxyl groups is 1. The maximum Gasteiger partial charge on any atom is 0.225 e. The highest BCUT2D eigenvalue weighted by molar-refractivity contribution is 5.90. The molecule has 180 valence electrons. The fraction of sp³-hybridized carbons (Fsp3) is 0.360. The summed E-state index contributed by atoms with van der Waals surface area (Å²) in [7, 11) is 0. The van der Waals surface area contributed by atoms with Gasteiger partial charge in [0.2, 0.25) is 5.95 Å². The van der Waals surface area contributed by atoms with Crippen LogP contribution >= 0.6 is 0 Å². The third-order valence-corrected chi connectivity index (χ3v) is 6.60. The molecule has 2 N–H and O–H groups in total. The van der Waals surface area contributed by atoms with Crippen molar-refractivity contribution < 1.29 is 9.84 Å². The molecule has 3 aromatic heterocycles. The van der Waals surface area contributed by atoms with E-state index in [-0.39, 0.29) is 5.75 Å². The maximum absolute atomic E-state index is 10.0. The summed E-state index contributed by atoms with van der Waals surface area (Å²) in [5, 5.41) is 10.0. The van der Waals surface area contributed by atoms with Crippen LogP contribution in [0.3, 0.4) is 0 Å². The number of piperazine rings is 1. The highest BCUT2D eigenvalue weighted by Crippen LogP contribution is 2.31. The van der Waals surface area contributed by atoms with Gasteiger partial charge in [0.15, 0.2) is 11.6 Å². The second-order valence-electron chi connectivity index (χ2n) is 8.87. The van der Waals surface area contributed by atoms with E-state index in [2.05, 4.69) is 35.8 Å². The first-order valence-electron chi connectivity index (χ1n) is 12.0. The first-order valence-corrected chi connectivity index (χ1v) is 12.0. The smallest absolute Gasteiger partial charge is 0.225 e. The van der Waals surface area contributed by atoms with Crippen molar-refractivity contribution in [2.45, 2.75) is 6.54 Å². The zero-order valence-corrected chi connectivity index (χ0v) is 19.5. The van der Waals surface area contributed by atoms with Crippen LogP contribution in [0, 0.1) is 0 Å². The fourth-order valence-corrected chi connectivity index (χ4v) is 4.74. The van der Waals surface area contributed by atoms with Crippen LogP contribution < -0.4 is 9.80 Å². The minimum absolute atomic E-state index is 0.202. The van der Waals surface area contributed by atoms with Gasteiger partial charge in [0, 0.05) is 75.5 Å². The molecule has 5 heterocycles. The molecular formula is C25H28N8O2. The largest absolute Gasteiger partial charge is 0.508 e. The van der Waals surface area contributed by atoms with Gasteiger partial charge in [-0.1, -0.05) is 12.1 Å². The van der Waals surface area contributed by atoms with Crippen LogP contribution in [0.4, 0.5) is 11.8 Å². The van der Waals surface area contributed by atoms with E-state index in [9.17, 15) is 5.11 Å². The Morgan fingerprint density at radius 3 is 2.49 bits per heavy atom. The van der Waals surface area contributed by atoms with E-state index in [0.717, 1.165) is 79.7 Å². The van der Waals surface area contributed by atoms with E-state index in [1.54, 1.807) is 24.5 Å². The molecule has 0 bridgehead atoms. The lowest BCUT2D eigenvalue weighted by molar-refractivity contribution is 0.122. The summed E-state index contributed by atoms with van der Waals surface area (Å²) in [5.74, 6) is 2.49. The molecule has 2 aliphatic heterocycles. The number of hydrogen-bond donors (Lipinski definition) is 2. The Labute approximate surface area is 203 Å². The SMILES string of the molecule is Oc1cccc(-c2nc(N3CCOCC3)c3[nH]cc(CN4CCN(c5ncccn5)CC4)c3n2)c1. The molecule has 0 spiro atoms. The monoisotopic (exact) mass is 472 g/mol. The number of phenols is 1. The molecule has 4 aromatic rings. The zero-order chi connectivity index (χ0) is 23.6. The van der Waals surface area contributed by atoms with Gasteiger partial charge in [-0.05, 0) is 18.2 Å². The third-order valence-electron chi connectivity index (χ3n) is 6.60. The number of nitrogens with zero attached hydrogens (tertiary/aromatic N) is 7. The van der Waals surface area contributed by atoms with Crippen LogP contribution in [-0.4, -0.2) is 87.4 Å². The van der Waals surface area contributed by atoms with Gasteiger partial charge in [-0.25, -0.2) is 19.9 Å². The third kappa shape index (κ3) is 4.50. The number of phenolic OH excluding ortho intramolecular Hbond substituents is 1. The van der Waals surface area contributed by atoms with Crippen molar-refractivity contribution in [3.8, 4) is 17.1 Å². The van der Waals surface area contributed by atoms with Crippen LogP contribution in [0.1, 0.15) is 5.56 Å². The maximum atomic E-state index is 10.0. The Hall–Kier alpha value is -3.76. The van der Waals surface area contributed by atoms with Crippen molar-refractivity contribution in [3.05, 3.63) is 54.5 Å². The van der Waals surface area contributed by atoms with E-state index in [1.807, 2.05) is 18.2 Å². The number of rotatable bonds is 5. The van der Waals surface area contributed by atoms with E-state index in [0.29, 0.717) is 19.0 Å². The summed E-state index contributed by atoms with van der Waals surface area (Å²) in [5.41, 5.74) is 3.81. The van der Waals surface area contributed by atoms with Crippen LogP contribution in [0.15, 0.2) is 48.9 Å². The quantitative estimate of drug-likeness (QED) is 0.452. The van der Waals surface area contributed by atoms with Gasteiger partial charge < -0.3 is 24.6 Å². The molecule has 0 saturated carbocycles. The Morgan fingerprint density at radius 2 is 1.71 bits per heavy atom. The molecule has 2 fully saturated rings. The number of anilines is 2. The lowest BCUT2D eigenvalue weighted by Crippen LogP contribution is -2.46. The van der Waals surface area contributed by atoms with Crippen molar-refractivity contribution in [3.63, 3.8) is 0 Å². The summed E-state index contributed by atoms with van der Waals surface area (Å²) < 4.78 is 5.56. The molecule has 2 aliphatic rings. The highest BCUT2D eigenvalue weighted by atomic mass is 16.5. The van der Waals surface area contributed by atoms with Crippen LogP contribution in [0.25, 0.3) is 22.4 Å². The van der Waals surface area contributed by atoms with Crippen LogP contribution in [0.2, 0.25) is 0 Å². The Kier molecular flexibility index (Phi) is 5.89. The minimum atomic E-state index is 0.202. The molecule has 2 saturated heterocycles. The predicted molar refractivity (Wildman–Crippen MR) is 134 cm³/mol. The fourth-order valence-electron chi connectivity index (χ4n) is 4.74. The van der Waals surface area contributed by atoms with Crippen molar-refractivity contribution in [2.75, 3.05) is 62.3 Å². The van der Waals surface area contributed by atoms with Gasteiger partial charge in [0.1, 0.15) is 11.3 Å². The predicted octanol–water partition coefficient (Wildman–Crippen LogP) is 2.28. The first-order chi connectivity index (χ1) is 17.2. The summed E-state index contributed by atoms with van der Waals surface area (Å²) in [6.45, 7) is 7.32. The van der Waals surface area contributed by atoms with Crippen molar-refractivity contribution in [1.82, 2.24) is 29.8 Å². The van der Waals surface area contributed by atoms with Crippen LogP contribution in [-0.2, 0) is 11.3 Å². The lowest BCUT2D eigenvalue weighted by atomic mass is 10.2. The molecule has 35 heavy (non-hydrogen) atoms. The van der Waals surface area contributed by atoms with E-state index < -0.39 is 0 Å². The summed E-state index contributed by atoms with van der Waals surface area (Å²) in [6, 6.07) is 8.96. The topological polar surface area (TPSA) is 107 Å². The normalized spacial score (nSPS) is 17.3. The molecule has 6 rings (SSSR count). The number of morpholine rings is 1. The number of aromatic nitrogens is 5. The highest BCUT2D eigenvalue weighted by Gasteiger charge is 2.23. The van der Waals surface area contributed by atoms with Crippen molar-refractivity contribution in [1.29, 1.82) is 0 Å². The summed E-state index contributed by atoms with van der Waals surface area (Å²) in [6.07, 6.45) is 5.63. The van der Waals surface area contributed by atoms with Crippen LogP contribution in [0.5, 0.6) is 5.75 Å². The van der Waals surface area contributed by atoms with E-state index in [4.69, 9.17) is 14.7 Å². The number of hydrogen-bond acceptors (Lipinski definition) is 9. The molecular weight excluding hydrogens is 444 g/mol. The second-order valence-corrected chi connectivity index (χ2v) is 8.87. The van der Waals surface area contributed by atoms with Gasteiger partial charge >= 0.3 is 0 Å². The molecule has 0 unspecified atom stereocenters. The number of aromatic amines is 1. The van der Waals surface area contributed by atoms with Gasteiger partial charge in [0.25, 0.3) is 0 Å². The number of H-pyrrole nitrogens is 1. The Morgan fingerprint density at radius 1 is 0.914 bits per heavy atom. The molecule has 10 nitrogen and oxygen atoms in total. The van der Waals surface area contributed by atoms with Gasteiger partial charge in [-0.15, -0.1) is 0 Å². The summed E-state index contributed by atoms with van der Waals surface area (Å²) >= 11 is 0. The van der Waals surface area contributed by atoms with E-state index in [1.165, 1.54) is 0 Å². The Balaban J connectivity index is 1.29. The number of fused-ring (bicyclic) bond motifs is 1. The second kappa shape index (κ2) is 9.47. The molecule has 0 aliphatic carbocycles. The first kappa shape index (κ1) is 21.8. The van der Waals surface area contributed by atoms with Gasteiger partial charge in [-0.2, -0.15) is 0 Å². The number of benzene rings is 1. The summed E-state index contributed by atoms with van der Waals surface area (Å²) in [4.78, 5) is 29.0. The standard InChI is InChI=1S/C25H28N8O2/c34-20-4-1-3-18(15-20)23-29-21-19(16-28-22(21)24(30-23)32-11-13-35-14-12-32)17-31-7-9-33(10-8-31)25-26-5-2-6-27-25/h1-6,15-16,28,34H,7-14,17H2. The van der Waals surface area contributed by atoms with Gasteiger partial charge in [0.05, 0.1) is 18.7 Å². The molecule has 0 atom stereocenters. The Bertz CT molecular complexity index is 1300. The lowest BCUT2D eigenvalue weighted by Gasteiger charge is -2.34. The van der Waals surface area contributed by atoms with Gasteiger partial charge in [-0.3, -0.25) is 4.90 Å². The molecule has 10 heteroatoms. The average molecular weight is 473 g/mol. The zero-order valence-electron chi connectivity index (χ0n) is 19.5. The molecule has 0 amide bonds. The molecule has 0 radical (unpaired) electrons. The van der Waals surface area contributed by atoms with E-state index >= 15 is 0 Å². The molecule has 1 aromatic carbocycles. The average Bonchev–Trinajstić information content (AvgIpc) is 3.32.